The Kier molecular flexibility index (Phi) is 7.15. The maximum absolute atomic E-state index is 10.3. The number of hydrogen-bond donors (Lipinski definition) is 1. The number of unbranched alkanes of at least 4 members (excludes halogenated alkanes) is 4. The minimum absolute atomic E-state index is 0.0245. The van der Waals surface area contributed by atoms with E-state index in [2.05, 4.69) is 19.6 Å². The predicted molar refractivity (Wildman–Crippen MR) is 47.4 cm³/mol. The summed E-state index contributed by atoms with van der Waals surface area (Å²) in [5, 5.41) is 0.0245. The van der Waals surface area contributed by atoms with Crippen molar-refractivity contribution in [1.82, 2.24) is 0 Å². The van der Waals surface area contributed by atoms with Crippen LogP contribution in [-0.2, 0) is 4.79 Å². The Hall–Kier alpha value is 0.0200. The van der Waals surface area contributed by atoms with E-state index in [1.165, 1.54) is 25.7 Å². The maximum Gasteiger partial charge on any atom is 0.185 e. The lowest BCUT2D eigenvalue weighted by Gasteiger charge is -1.95. The van der Waals surface area contributed by atoms with Gasteiger partial charge in [-0.3, -0.25) is 4.79 Å². The first-order valence-corrected chi connectivity index (χ1v) is 4.44. The van der Waals surface area contributed by atoms with E-state index < -0.39 is 0 Å². The van der Waals surface area contributed by atoms with Crippen LogP contribution in [0.15, 0.2) is 0 Å². The number of carbonyl (C=O) groups excluding carboxylic acids is 1. The molecule has 0 rings (SSSR count). The summed E-state index contributed by atoms with van der Waals surface area (Å²) in [6.45, 7) is 2.18. The molecule has 0 unspecified atom stereocenters. The fraction of sp³-hybridized carbons (Fsp3) is 0.875. The Labute approximate surface area is 68.6 Å². The molecule has 0 aromatic carbocycles. The first-order chi connectivity index (χ1) is 4.77. The second kappa shape index (κ2) is 7.13. The summed E-state index contributed by atoms with van der Waals surface area (Å²) in [7, 11) is 0. The van der Waals surface area contributed by atoms with Gasteiger partial charge in [0.25, 0.3) is 0 Å². The molecule has 0 N–H and O–H groups in total. The zero-order valence-electron chi connectivity index (χ0n) is 6.60. The molecule has 0 aliphatic carbocycles. The van der Waals surface area contributed by atoms with E-state index in [1.807, 2.05) is 0 Å². The van der Waals surface area contributed by atoms with Crippen LogP contribution in [0.5, 0.6) is 0 Å². The van der Waals surface area contributed by atoms with Crippen molar-refractivity contribution < 1.29 is 4.79 Å². The van der Waals surface area contributed by atoms with Crippen molar-refractivity contribution in [3.63, 3.8) is 0 Å². The summed E-state index contributed by atoms with van der Waals surface area (Å²) >= 11 is 3.68. The third-order valence-electron chi connectivity index (χ3n) is 1.49. The highest BCUT2D eigenvalue weighted by Crippen LogP contribution is 2.05. The predicted octanol–water partition coefficient (Wildman–Crippen LogP) is 2.80. The Balaban J connectivity index is 2.84. The summed E-state index contributed by atoms with van der Waals surface area (Å²) < 4.78 is 0. The molecule has 0 aromatic heterocycles. The normalized spacial score (nSPS) is 9.80. The monoisotopic (exact) mass is 160 g/mol. The van der Waals surface area contributed by atoms with Gasteiger partial charge in [0, 0.05) is 6.42 Å². The smallest absolute Gasteiger partial charge is 0.185 e. The van der Waals surface area contributed by atoms with Gasteiger partial charge >= 0.3 is 0 Å². The van der Waals surface area contributed by atoms with Gasteiger partial charge < -0.3 is 0 Å². The summed E-state index contributed by atoms with van der Waals surface area (Å²) in [6.07, 6.45) is 6.66. The Morgan fingerprint density at radius 1 is 1.20 bits per heavy atom. The van der Waals surface area contributed by atoms with Crippen LogP contribution in [0.2, 0.25) is 0 Å². The van der Waals surface area contributed by atoms with Gasteiger partial charge in [-0.15, -0.1) is 12.6 Å². The van der Waals surface area contributed by atoms with Crippen LogP contribution in [0.25, 0.3) is 0 Å². The average molecular weight is 160 g/mol. The molecule has 0 aliphatic heterocycles. The molecule has 0 aromatic rings. The van der Waals surface area contributed by atoms with Crippen molar-refractivity contribution >= 4 is 17.7 Å². The molecule has 0 saturated heterocycles. The van der Waals surface area contributed by atoms with Crippen LogP contribution >= 0.6 is 12.6 Å². The first-order valence-electron chi connectivity index (χ1n) is 3.99. The van der Waals surface area contributed by atoms with Crippen LogP contribution in [-0.4, -0.2) is 5.12 Å². The minimum Gasteiger partial charge on any atom is -0.288 e. The van der Waals surface area contributed by atoms with E-state index in [1.54, 1.807) is 0 Å². The lowest BCUT2D eigenvalue weighted by Crippen LogP contribution is -1.85. The first kappa shape index (κ1) is 10.0. The number of carbonyl (C=O) groups is 1. The van der Waals surface area contributed by atoms with Crippen LogP contribution in [0.4, 0.5) is 0 Å². The fourth-order valence-corrected chi connectivity index (χ4v) is 1.04. The number of thiol groups is 1. The molecule has 0 heterocycles. The number of rotatable bonds is 6. The number of hydrogen-bond acceptors (Lipinski definition) is 1. The summed E-state index contributed by atoms with van der Waals surface area (Å²) in [4.78, 5) is 10.3. The van der Waals surface area contributed by atoms with E-state index in [4.69, 9.17) is 0 Å². The molecule has 0 saturated carbocycles. The van der Waals surface area contributed by atoms with Crippen LogP contribution in [0, 0.1) is 0 Å². The Morgan fingerprint density at radius 3 is 2.30 bits per heavy atom. The second-order valence-electron chi connectivity index (χ2n) is 2.56. The quantitative estimate of drug-likeness (QED) is 0.467. The van der Waals surface area contributed by atoms with E-state index >= 15 is 0 Å². The molecule has 2 heteroatoms. The standard InChI is InChI=1S/C8H16OS/c1-2-3-4-5-6-7-8(9)10/h2-7H2,1H3,(H,9,10). The van der Waals surface area contributed by atoms with Gasteiger partial charge in [0.05, 0.1) is 0 Å². The maximum atomic E-state index is 10.3. The van der Waals surface area contributed by atoms with Crippen molar-refractivity contribution in [3.05, 3.63) is 0 Å². The largest absolute Gasteiger partial charge is 0.288 e. The Morgan fingerprint density at radius 2 is 1.80 bits per heavy atom. The van der Waals surface area contributed by atoms with Gasteiger partial charge in [-0.05, 0) is 6.42 Å². The molecule has 0 spiro atoms. The van der Waals surface area contributed by atoms with Gasteiger partial charge in [-0.25, -0.2) is 0 Å². The van der Waals surface area contributed by atoms with Gasteiger partial charge in [-0.1, -0.05) is 32.6 Å². The summed E-state index contributed by atoms with van der Waals surface area (Å²) in [5.74, 6) is 0. The average Bonchev–Trinajstić information content (AvgIpc) is 1.87. The summed E-state index contributed by atoms with van der Waals surface area (Å²) in [6, 6.07) is 0. The van der Waals surface area contributed by atoms with E-state index in [0.29, 0.717) is 6.42 Å². The molecular weight excluding hydrogens is 144 g/mol. The highest BCUT2D eigenvalue weighted by atomic mass is 32.1. The van der Waals surface area contributed by atoms with E-state index in [0.717, 1.165) is 6.42 Å². The zero-order valence-corrected chi connectivity index (χ0v) is 7.49. The van der Waals surface area contributed by atoms with Gasteiger partial charge in [0.15, 0.2) is 5.12 Å². The fourth-order valence-electron chi connectivity index (χ4n) is 0.880. The van der Waals surface area contributed by atoms with Crippen LogP contribution < -0.4 is 0 Å². The third kappa shape index (κ3) is 8.02. The molecule has 0 fully saturated rings. The molecule has 0 atom stereocenters. The van der Waals surface area contributed by atoms with Crippen molar-refractivity contribution in [2.45, 2.75) is 45.4 Å². The summed E-state index contributed by atoms with van der Waals surface area (Å²) in [5.41, 5.74) is 0. The van der Waals surface area contributed by atoms with Crippen molar-refractivity contribution in [3.8, 4) is 0 Å². The molecular formula is C8H16OS. The Bertz CT molecular complexity index is 91.3. The van der Waals surface area contributed by atoms with E-state index in [9.17, 15) is 4.79 Å². The molecule has 60 valence electrons. The van der Waals surface area contributed by atoms with Gasteiger partial charge in [0.2, 0.25) is 0 Å². The van der Waals surface area contributed by atoms with Crippen molar-refractivity contribution in [1.29, 1.82) is 0 Å². The highest BCUT2D eigenvalue weighted by molar-refractivity contribution is 7.96. The minimum atomic E-state index is 0.0245. The third-order valence-corrected chi connectivity index (χ3v) is 1.72. The lowest BCUT2D eigenvalue weighted by molar-refractivity contribution is -0.110. The zero-order chi connectivity index (χ0) is 7.82. The lowest BCUT2D eigenvalue weighted by atomic mass is 10.1. The topological polar surface area (TPSA) is 17.1 Å². The van der Waals surface area contributed by atoms with Gasteiger partial charge in [-0.2, -0.15) is 0 Å². The molecule has 0 bridgehead atoms. The highest BCUT2D eigenvalue weighted by Gasteiger charge is 1.93. The molecule has 1 nitrogen and oxygen atoms in total. The molecule has 0 radical (unpaired) electrons. The van der Waals surface area contributed by atoms with Gasteiger partial charge in [0.1, 0.15) is 0 Å². The van der Waals surface area contributed by atoms with E-state index in [-0.39, 0.29) is 5.12 Å². The molecule has 0 amide bonds. The molecule has 10 heavy (non-hydrogen) atoms. The second-order valence-corrected chi connectivity index (χ2v) is 3.06. The van der Waals surface area contributed by atoms with Crippen molar-refractivity contribution in [2.75, 3.05) is 0 Å². The SMILES string of the molecule is CCCCCCCC(=O)S. The van der Waals surface area contributed by atoms with Crippen molar-refractivity contribution in [2.24, 2.45) is 0 Å². The van der Waals surface area contributed by atoms with Crippen LogP contribution in [0.1, 0.15) is 45.4 Å². The van der Waals surface area contributed by atoms with Crippen LogP contribution in [0.3, 0.4) is 0 Å². The molecule has 0 aliphatic rings.